The summed E-state index contributed by atoms with van der Waals surface area (Å²) in [5, 5.41) is 3.11. The number of nitrogens with zero attached hydrogens (tertiary/aromatic N) is 1. The summed E-state index contributed by atoms with van der Waals surface area (Å²) < 4.78 is 26.8. The molecule has 1 aliphatic rings. The molecule has 0 atom stereocenters. The van der Waals surface area contributed by atoms with Crippen LogP contribution in [0.4, 0.5) is 8.78 Å². The van der Waals surface area contributed by atoms with Crippen molar-refractivity contribution < 1.29 is 13.6 Å². The second-order valence-electron chi connectivity index (χ2n) is 8.75. The van der Waals surface area contributed by atoms with Crippen LogP contribution in [0.5, 0.6) is 0 Å². The molecule has 0 unspecified atom stereocenters. The predicted octanol–water partition coefficient (Wildman–Crippen LogP) is 5.17. The largest absolute Gasteiger partial charge is 0.355 e. The first-order valence-corrected chi connectivity index (χ1v) is 11.6. The van der Waals surface area contributed by atoms with Crippen LogP contribution in [0.15, 0.2) is 78.9 Å². The smallest absolute Gasteiger partial charge is 0.223 e. The average Bonchev–Trinajstić information content (AvgIpc) is 2.86. The van der Waals surface area contributed by atoms with E-state index in [0.29, 0.717) is 6.54 Å². The van der Waals surface area contributed by atoms with Crippen LogP contribution in [0, 0.1) is 17.6 Å². The molecule has 1 saturated heterocycles. The van der Waals surface area contributed by atoms with Crippen LogP contribution in [0.25, 0.3) is 0 Å². The number of benzene rings is 3. The molecule has 0 saturated carbocycles. The van der Waals surface area contributed by atoms with Crippen LogP contribution in [0.2, 0.25) is 0 Å². The van der Waals surface area contributed by atoms with Gasteiger partial charge in [-0.05, 0) is 73.3 Å². The zero-order chi connectivity index (χ0) is 23.0. The van der Waals surface area contributed by atoms with Crippen molar-refractivity contribution >= 4 is 5.91 Å². The Labute approximate surface area is 194 Å². The Hall–Kier alpha value is -3.05. The standard InChI is InChI=1S/C28H30F2N2O/c29-25-10-6-22(7-11-25)27(23-8-12-26(30)13-9-23)20-31-28(33)24-15-18-32(19-16-24)17-14-21-4-2-1-3-5-21/h1-13,24,27H,14-20H2,(H,31,33). The lowest BCUT2D eigenvalue weighted by atomic mass is 9.90. The van der Waals surface area contributed by atoms with Gasteiger partial charge in [0, 0.05) is 24.9 Å². The van der Waals surface area contributed by atoms with E-state index < -0.39 is 0 Å². The Balaban J connectivity index is 1.31. The topological polar surface area (TPSA) is 32.3 Å². The lowest BCUT2D eigenvalue weighted by Crippen LogP contribution is -2.42. The van der Waals surface area contributed by atoms with E-state index in [1.54, 1.807) is 24.3 Å². The summed E-state index contributed by atoms with van der Waals surface area (Å²) in [6.07, 6.45) is 2.71. The normalized spacial score (nSPS) is 15.0. The number of amides is 1. The molecule has 1 amide bonds. The Kier molecular flexibility index (Phi) is 7.84. The van der Waals surface area contributed by atoms with E-state index in [-0.39, 0.29) is 29.4 Å². The fourth-order valence-corrected chi connectivity index (χ4v) is 4.52. The van der Waals surface area contributed by atoms with Gasteiger partial charge in [0.05, 0.1) is 0 Å². The summed E-state index contributed by atoms with van der Waals surface area (Å²) in [5.74, 6) is -0.715. The molecular weight excluding hydrogens is 418 g/mol. The quantitative estimate of drug-likeness (QED) is 0.516. The number of nitrogens with one attached hydrogen (secondary N) is 1. The molecule has 1 heterocycles. The number of hydrogen-bond donors (Lipinski definition) is 1. The van der Waals surface area contributed by atoms with Crippen LogP contribution in [0.1, 0.15) is 35.4 Å². The van der Waals surface area contributed by atoms with Crippen molar-refractivity contribution in [1.82, 2.24) is 10.2 Å². The number of halogens is 2. The fraction of sp³-hybridized carbons (Fsp3) is 0.321. The van der Waals surface area contributed by atoms with E-state index in [0.717, 1.165) is 50.0 Å². The molecule has 33 heavy (non-hydrogen) atoms. The first-order chi connectivity index (χ1) is 16.1. The summed E-state index contributed by atoms with van der Waals surface area (Å²) in [7, 11) is 0. The third-order valence-electron chi connectivity index (χ3n) is 6.54. The Morgan fingerprint density at radius 2 is 1.39 bits per heavy atom. The summed E-state index contributed by atoms with van der Waals surface area (Å²) >= 11 is 0. The van der Waals surface area contributed by atoms with Crippen LogP contribution < -0.4 is 5.32 Å². The third kappa shape index (κ3) is 6.48. The van der Waals surface area contributed by atoms with E-state index in [4.69, 9.17) is 0 Å². The molecule has 3 aromatic carbocycles. The molecule has 5 heteroatoms. The first kappa shape index (κ1) is 23.1. The highest BCUT2D eigenvalue weighted by Gasteiger charge is 2.25. The lowest BCUT2D eigenvalue weighted by Gasteiger charge is -2.31. The van der Waals surface area contributed by atoms with Gasteiger partial charge >= 0.3 is 0 Å². The van der Waals surface area contributed by atoms with Gasteiger partial charge < -0.3 is 10.2 Å². The molecule has 0 radical (unpaired) electrons. The van der Waals surface area contributed by atoms with Gasteiger partial charge in [-0.15, -0.1) is 0 Å². The molecule has 3 aromatic rings. The zero-order valence-electron chi connectivity index (χ0n) is 18.7. The number of carbonyl (C=O) groups excluding carboxylic acids is 1. The number of rotatable bonds is 8. The molecule has 0 aromatic heterocycles. The van der Waals surface area contributed by atoms with Gasteiger partial charge in [-0.2, -0.15) is 0 Å². The van der Waals surface area contributed by atoms with Gasteiger partial charge in [0.1, 0.15) is 11.6 Å². The summed E-state index contributed by atoms with van der Waals surface area (Å²) in [4.78, 5) is 15.3. The van der Waals surface area contributed by atoms with Crippen LogP contribution in [-0.4, -0.2) is 37.0 Å². The van der Waals surface area contributed by atoms with Gasteiger partial charge in [-0.3, -0.25) is 4.79 Å². The van der Waals surface area contributed by atoms with Crippen LogP contribution >= 0.6 is 0 Å². The first-order valence-electron chi connectivity index (χ1n) is 11.6. The second-order valence-corrected chi connectivity index (χ2v) is 8.75. The predicted molar refractivity (Wildman–Crippen MR) is 127 cm³/mol. The molecule has 1 aliphatic heterocycles. The molecule has 1 fully saturated rings. The van der Waals surface area contributed by atoms with Gasteiger partial charge in [0.2, 0.25) is 5.91 Å². The summed E-state index contributed by atoms with van der Waals surface area (Å²) in [6.45, 7) is 3.24. The van der Waals surface area contributed by atoms with Crippen molar-refractivity contribution in [2.24, 2.45) is 5.92 Å². The van der Waals surface area contributed by atoms with E-state index >= 15 is 0 Å². The minimum absolute atomic E-state index is 0.0000564. The molecule has 4 rings (SSSR count). The van der Waals surface area contributed by atoms with Crippen molar-refractivity contribution in [2.45, 2.75) is 25.2 Å². The van der Waals surface area contributed by atoms with Crippen molar-refractivity contribution in [3.8, 4) is 0 Å². The molecular formula is C28H30F2N2O. The SMILES string of the molecule is O=C(NCC(c1ccc(F)cc1)c1ccc(F)cc1)C1CCN(CCc2ccccc2)CC1. The van der Waals surface area contributed by atoms with Gasteiger partial charge in [-0.25, -0.2) is 8.78 Å². The van der Waals surface area contributed by atoms with E-state index in [1.807, 2.05) is 6.07 Å². The lowest BCUT2D eigenvalue weighted by molar-refractivity contribution is -0.126. The minimum Gasteiger partial charge on any atom is -0.355 e. The molecule has 0 bridgehead atoms. The average molecular weight is 449 g/mol. The zero-order valence-corrected chi connectivity index (χ0v) is 18.7. The Morgan fingerprint density at radius 3 is 1.94 bits per heavy atom. The highest BCUT2D eigenvalue weighted by atomic mass is 19.1. The van der Waals surface area contributed by atoms with Gasteiger partial charge in [0.15, 0.2) is 0 Å². The molecule has 1 N–H and O–H groups in total. The van der Waals surface area contributed by atoms with Crippen LogP contribution in [0.3, 0.4) is 0 Å². The Bertz CT molecular complexity index is 969. The van der Waals surface area contributed by atoms with Crippen molar-refractivity contribution in [2.75, 3.05) is 26.2 Å². The maximum atomic E-state index is 13.4. The number of likely N-dealkylation sites (tertiary alicyclic amines) is 1. The second kappa shape index (κ2) is 11.2. The number of hydrogen-bond acceptors (Lipinski definition) is 2. The maximum absolute atomic E-state index is 13.4. The van der Waals surface area contributed by atoms with E-state index in [1.165, 1.54) is 29.8 Å². The highest BCUT2D eigenvalue weighted by molar-refractivity contribution is 5.78. The summed E-state index contributed by atoms with van der Waals surface area (Å²) in [6, 6.07) is 23.0. The Morgan fingerprint density at radius 1 is 0.848 bits per heavy atom. The van der Waals surface area contributed by atoms with E-state index in [2.05, 4.69) is 34.5 Å². The maximum Gasteiger partial charge on any atom is 0.223 e. The fourth-order valence-electron chi connectivity index (χ4n) is 4.52. The monoisotopic (exact) mass is 448 g/mol. The molecule has 0 spiro atoms. The number of carbonyl (C=O) groups is 1. The van der Waals surface area contributed by atoms with Crippen LogP contribution in [-0.2, 0) is 11.2 Å². The molecule has 172 valence electrons. The minimum atomic E-state index is -0.306. The van der Waals surface area contributed by atoms with Crippen molar-refractivity contribution in [3.05, 3.63) is 107 Å². The molecule has 3 nitrogen and oxygen atoms in total. The van der Waals surface area contributed by atoms with E-state index in [9.17, 15) is 13.6 Å². The highest BCUT2D eigenvalue weighted by Crippen LogP contribution is 2.25. The van der Waals surface area contributed by atoms with Gasteiger partial charge in [0.25, 0.3) is 0 Å². The van der Waals surface area contributed by atoms with Crippen molar-refractivity contribution in [1.29, 1.82) is 0 Å². The van der Waals surface area contributed by atoms with Gasteiger partial charge in [-0.1, -0.05) is 54.6 Å². The summed E-state index contributed by atoms with van der Waals surface area (Å²) in [5.41, 5.74) is 3.11. The molecule has 0 aliphatic carbocycles. The van der Waals surface area contributed by atoms with Crippen molar-refractivity contribution in [3.63, 3.8) is 0 Å². The third-order valence-corrected chi connectivity index (χ3v) is 6.54. The number of piperidine rings is 1.